The molecule has 1 aromatic carbocycles. The molecule has 0 saturated carbocycles. The lowest BCUT2D eigenvalue weighted by Gasteiger charge is -2.25. The van der Waals surface area contributed by atoms with Crippen LogP contribution in [0.4, 0.5) is 0 Å². The minimum atomic E-state index is -0.155. The molecule has 152 valence electrons. The van der Waals surface area contributed by atoms with E-state index in [2.05, 4.69) is 17.2 Å². The van der Waals surface area contributed by atoms with Crippen molar-refractivity contribution in [3.8, 4) is 11.5 Å². The minimum absolute atomic E-state index is 0.155. The SMILES string of the molecule is CCCCNC(=S)N(Cc1ccco1)Cc1cc2cc3c(cc2[nH]c1=O)OCO3. The van der Waals surface area contributed by atoms with E-state index >= 15 is 0 Å². The first kappa shape index (κ1) is 19.3. The first-order valence-corrected chi connectivity index (χ1v) is 10.1. The molecule has 1 aliphatic heterocycles. The fourth-order valence-corrected chi connectivity index (χ4v) is 3.47. The highest BCUT2D eigenvalue weighted by Crippen LogP contribution is 2.35. The van der Waals surface area contributed by atoms with Crippen molar-refractivity contribution in [1.29, 1.82) is 0 Å². The smallest absolute Gasteiger partial charge is 0.253 e. The second-order valence-corrected chi connectivity index (χ2v) is 7.32. The molecule has 3 aromatic rings. The Balaban J connectivity index is 1.60. The molecule has 0 fully saturated rings. The molecule has 2 aromatic heterocycles. The molecule has 1 aliphatic rings. The van der Waals surface area contributed by atoms with Crippen molar-refractivity contribution >= 4 is 28.2 Å². The number of hydrogen-bond donors (Lipinski definition) is 2. The predicted octanol–water partition coefficient (Wildman–Crippen LogP) is 3.53. The Morgan fingerprint density at radius 3 is 2.83 bits per heavy atom. The van der Waals surface area contributed by atoms with Gasteiger partial charge in [-0.3, -0.25) is 4.79 Å². The molecule has 0 unspecified atom stereocenters. The number of aromatic amines is 1. The van der Waals surface area contributed by atoms with Gasteiger partial charge in [-0.05, 0) is 42.9 Å². The summed E-state index contributed by atoms with van der Waals surface area (Å²) in [6.07, 6.45) is 3.74. The molecule has 0 bridgehead atoms. The van der Waals surface area contributed by atoms with Crippen LogP contribution in [0.3, 0.4) is 0 Å². The molecule has 0 amide bonds. The molecule has 3 heterocycles. The maximum Gasteiger partial charge on any atom is 0.253 e. The van der Waals surface area contributed by atoms with Crippen LogP contribution in [0.15, 0.2) is 45.8 Å². The molecule has 0 spiro atoms. The van der Waals surface area contributed by atoms with Gasteiger partial charge in [-0.1, -0.05) is 13.3 Å². The summed E-state index contributed by atoms with van der Waals surface area (Å²) in [6.45, 7) is 3.95. The van der Waals surface area contributed by atoms with Crippen molar-refractivity contribution < 1.29 is 13.9 Å². The molecule has 0 atom stereocenters. The molecule has 7 nitrogen and oxygen atoms in total. The fraction of sp³-hybridized carbons (Fsp3) is 0.333. The van der Waals surface area contributed by atoms with Crippen LogP contribution in [0.25, 0.3) is 10.9 Å². The van der Waals surface area contributed by atoms with Crippen molar-refractivity contribution in [2.24, 2.45) is 0 Å². The van der Waals surface area contributed by atoms with E-state index in [1.165, 1.54) is 0 Å². The summed E-state index contributed by atoms with van der Waals surface area (Å²) in [6, 6.07) is 9.28. The van der Waals surface area contributed by atoms with Crippen LogP contribution in [0, 0.1) is 0 Å². The number of ether oxygens (including phenoxy) is 2. The van der Waals surface area contributed by atoms with Gasteiger partial charge in [0.2, 0.25) is 6.79 Å². The van der Waals surface area contributed by atoms with Gasteiger partial charge in [-0.15, -0.1) is 0 Å². The summed E-state index contributed by atoms with van der Waals surface area (Å²) in [5, 5.41) is 4.75. The lowest BCUT2D eigenvalue weighted by molar-refractivity contribution is 0.174. The Morgan fingerprint density at radius 1 is 1.24 bits per heavy atom. The number of rotatable bonds is 7. The summed E-state index contributed by atoms with van der Waals surface area (Å²) in [5.74, 6) is 2.10. The number of pyridine rings is 1. The third-order valence-corrected chi connectivity index (χ3v) is 5.20. The van der Waals surface area contributed by atoms with Gasteiger partial charge in [0.05, 0.1) is 24.9 Å². The Labute approximate surface area is 173 Å². The van der Waals surface area contributed by atoms with E-state index in [1.807, 2.05) is 29.2 Å². The van der Waals surface area contributed by atoms with Gasteiger partial charge in [0, 0.05) is 23.6 Å². The third kappa shape index (κ3) is 4.37. The zero-order valence-electron chi connectivity index (χ0n) is 16.2. The zero-order valence-corrected chi connectivity index (χ0v) is 17.0. The summed E-state index contributed by atoms with van der Waals surface area (Å²) in [7, 11) is 0. The molecule has 0 saturated heterocycles. The molecular weight excluding hydrogens is 390 g/mol. The first-order valence-electron chi connectivity index (χ1n) is 9.64. The maximum absolute atomic E-state index is 12.7. The standard InChI is InChI=1S/C21H23N3O4S/c1-2-3-6-22-21(29)24(12-16-5-4-7-26-16)11-15-8-14-9-18-19(28-13-27-18)10-17(14)23-20(15)25/h4-5,7-10H,2-3,6,11-13H2,1H3,(H,22,29)(H,23,25). The molecule has 0 aliphatic carbocycles. The number of furan rings is 1. The summed E-state index contributed by atoms with van der Waals surface area (Å²) >= 11 is 5.59. The molecule has 2 N–H and O–H groups in total. The third-order valence-electron chi connectivity index (χ3n) is 4.80. The van der Waals surface area contributed by atoms with E-state index in [0.717, 1.165) is 30.5 Å². The number of nitrogens with zero attached hydrogens (tertiary/aromatic N) is 1. The van der Waals surface area contributed by atoms with Crippen LogP contribution in [-0.2, 0) is 13.1 Å². The number of hydrogen-bond acceptors (Lipinski definition) is 5. The molecule has 8 heteroatoms. The predicted molar refractivity (Wildman–Crippen MR) is 114 cm³/mol. The number of fused-ring (bicyclic) bond motifs is 2. The van der Waals surface area contributed by atoms with Gasteiger partial charge < -0.3 is 29.1 Å². The zero-order chi connectivity index (χ0) is 20.2. The van der Waals surface area contributed by atoms with Crippen molar-refractivity contribution in [2.75, 3.05) is 13.3 Å². The summed E-state index contributed by atoms with van der Waals surface area (Å²) in [5.41, 5.74) is 1.17. The van der Waals surface area contributed by atoms with Crippen LogP contribution in [0.2, 0.25) is 0 Å². The number of aromatic nitrogens is 1. The quantitative estimate of drug-likeness (QED) is 0.453. The topological polar surface area (TPSA) is 79.7 Å². The van der Waals surface area contributed by atoms with Crippen molar-refractivity contribution in [3.05, 3.63) is 58.3 Å². The van der Waals surface area contributed by atoms with Crippen LogP contribution < -0.4 is 20.3 Å². The average Bonchev–Trinajstić information content (AvgIpc) is 3.38. The normalized spacial score (nSPS) is 12.3. The van der Waals surface area contributed by atoms with Gasteiger partial charge in [-0.2, -0.15) is 0 Å². The Kier molecular flexibility index (Phi) is 5.71. The van der Waals surface area contributed by atoms with Crippen molar-refractivity contribution in [1.82, 2.24) is 15.2 Å². The number of nitrogens with one attached hydrogen (secondary N) is 2. The highest BCUT2D eigenvalue weighted by molar-refractivity contribution is 7.80. The molecule has 29 heavy (non-hydrogen) atoms. The van der Waals surface area contributed by atoms with E-state index in [1.54, 1.807) is 12.3 Å². The lowest BCUT2D eigenvalue weighted by atomic mass is 10.1. The van der Waals surface area contributed by atoms with Gasteiger partial charge >= 0.3 is 0 Å². The Morgan fingerprint density at radius 2 is 2.07 bits per heavy atom. The van der Waals surface area contributed by atoms with Crippen molar-refractivity contribution in [2.45, 2.75) is 32.9 Å². The molecule has 4 rings (SSSR count). The average molecular weight is 413 g/mol. The number of unbranched alkanes of at least 4 members (excludes halogenated alkanes) is 1. The van der Waals surface area contributed by atoms with Gasteiger partial charge in [0.15, 0.2) is 16.6 Å². The maximum atomic E-state index is 12.7. The number of benzene rings is 1. The molecule has 0 radical (unpaired) electrons. The summed E-state index contributed by atoms with van der Waals surface area (Å²) < 4.78 is 16.3. The monoisotopic (exact) mass is 413 g/mol. The highest BCUT2D eigenvalue weighted by atomic mass is 32.1. The van der Waals surface area contributed by atoms with E-state index in [9.17, 15) is 4.79 Å². The van der Waals surface area contributed by atoms with Gasteiger partial charge in [0.1, 0.15) is 5.76 Å². The number of thiocarbonyl (C=S) groups is 1. The van der Waals surface area contributed by atoms with Crippen LogP contribution >= 0.6 is 12.2 Å². The van der Waals surface area contributed by atoms with E-state index in [0.29, 0.717) is 40.8 Å². The van der Waals surface area contributed by atoms with Crippen LogP contribution in [0.5, 0.6) is 11.5 Å². The van der Waals surface area contributed by atoms with E-state index in [4.69, 9.17) is 26.1 Å². The fourth-order valence-electron chi connectivity index (χ4n) is 3.24. The number of H-pyrrole nitrogens is 1. The Bertz CT molecular complexity index is 1060. The van der Waals surface area contributed by atoms with Crippen molar-refractivity contribution in [3.63, 3.8) is 0 Å². The molecular formula is C21H23N3O4S. The largest absolute Gasteiger partial charge is 0.467 e. The second kappa shape index (κ2) is 8.57. The Hall–Kier alpha value is -3.00. The second-order valence-electron chi connectivity index (χ2n) is 6.94. The van der Waals surface area contributed by atoms with Gasteiger partial charge in [-0.25, -0.2) is 0 Å². The lowest BCUT2D eigenvalue weighted by Crippen LogP contribution is -2.40. The van der Waals surface area contributed by atoms with E-state index in [-0.39, 0.29) is 12.4 Å². The highest BCUT2D eigenvalue weighted by Gasteiger charge is 2.18. The van der Waals surface area contributed by atoms with Crippen LogP contribution in [-0.4, -0.2) is 28.3 Å². The summed E-state index contributed by atoms with van der Waals surface area (Å²) in [4.78, 5) is 17.6. The van der Waals surface area contributed by atoms with E-state index < -0.39 is 0 Å². The van der Waals surface area contributed by atoms with Crippen LogP contribution in [0.1, 0.15) is 31.1 Å². The minimum Gasteiger partial charge on any atom is -0.467 e. The first-order chi connectivity index (χ1) is 14.1. The van der Waals surface area contributed by atoms with Gasteiger partial charge in [0.25, 0.3) is 5.56 Å².